The van der Waals surface area contributed by atoms with Crippen LogP contribution in [-0.2, 0) is 14.4 Å². The zero-order chi connectivity index (χ0) is 41.7. The van der Waals surface area contributed by atoms with E-state index in [1.54, 1.807) is 0 Å². The molecule has 5 heterocycles. The van der Waals surface area contributed by atoms with Crippen LogP contribution in [0.1, 0.15) is 127 Å². The van der Waals surface area contributed by atoms with Crippen LogP contribution >= 0.6 is 0 Å². The third-order valence-electron chi connectivity index (χ3n) is 11.7. The monoisotopic (exact) mass is 778 g/mol. The van der Waals surface area contributed by atoms with Crippen molar-refractivity contribution in [2.75, 3.05) is 93.6 Å². The van der Waals surface area contributed by atoms with E-state index in [0.717, 1.165) is 88.6 Å². The van der Waals surface area contributed by atoms with Gasteiger partial charge in [0, 0.05) is 69.1 Å². The molecule has 0 atom stereocenters. The molecule has 6 fully saturated rings. The van der Waals surface area contributed by atoms with Crippen LogP contribution in [0.3, 0.4) is 0 Å². The van der Waals surface area contributed by atoms with Crippen molar-refractivity contribution < 1.29 is 14.4 Å². The Balaban J connectivity index is 0.000000342. The smallest absolute Gasteiger partial charge is 0.225 e. The number of carbonyl (C=O) groups is 3. The van der Waals surface area contributed by atoms with Gasteiger partial charge in [0.25, 0.3) is 0 Å². The molecule has 0 aromatic carbocycles. The highest BCUT2D eigenvalue weighted by molar-refractivity contribution is 5.79. The van der Waals surface area contributed by atoms with Crippen molar-refractivity contribution in [3.05, 3.63) is 0 Å². The summed E-state index contributed by atoms with van der Waals surface area (Å²) in [5.74, 6) is 4.89. The molecule has 55 heavy (non-hydrogen) atoms. The van der Waals surface area contributed by atoms with Crippen LogP contribution < -0.4 is 10.6 Å². The molecule has 0 radical (unpaired) electrons. The van der Waals surface area contributed by atoms with Crippen molar-refractivity contribution in [2.24, 2.45) is 41.4 Å². The van der Waals surface area contributed by atoms with Gasteiger partial charge in [-0.05, 0) is 117 Å². The van der Waals surface area contributed by atoms with Crippen molar-refractivity contribution in [1.29, 1.82) is 0 Å². The Morgan fingerprint density at radius 2 is 0.764 bits per heavy atom. The fourth-order valence-corrected chi connectivity index (χ4v) is 7.27. The van der Waals surface area contributed by atoms with E-state index in [9.17, 15) is 14.4 Å². The van der Waals surface area contributed by atoms with E-state index in [0.29, 0.717) is 18.0 Å². The Morgan fingerprint density at radius 1 is 0.436 bits per heavy atom. The summed E-state index contributed by atoms with van der Waals surface area (Å²) < 4.78 is 0. The van der Waals surface area contributed by atoms with E-state index < -0.39 is 0 Å². The van der Waals surface area contributed by atoms with Gasteiger partial charge < -0.3 is 35.1 Å². The van der Waals surface area contributed by atoms with Gasteiger partial charge in [-0.2, -0.15) is 0 Å². The average molecular weight is 778 g/mol. The molecule has 3 amide bonds. The molecule has 0 aromatic heterocycles. The Kier molecular flexibility index (Phi) is 25.9. The number of nitrogens with one attached hydrogen (secondary N) is 2. The lowest BCUT2D eigenvalue weighted by molar-refractivity contribution is -0.135. The van der Waals surface area contributed by atoms with Crippen LogP contribution in [0, 0.1) is 41.4 Å². The Morgan fingerprint density at radius 3 is 0.964 bits per heavy atom. The summed E-state index contributed by atoms with van der Waals surface area (Å²) >= 11 is 0. The molecule has 6 aliphatic rings. The second-order valence-corrected chi connectivity index (χ2v) is 19.3. The molecule has 1 saturated carbocycles. The minimum absolute atomic E-state index is 0.111. The zero-order valence-electron chi connectivity index (χ0n) is 38.6. The first-order chi connectivity index (χ1) is 25.8. The number of likely N-dealkylation sites (tertiary alicyclic amines) is 5. The van der Waals surface area contributed by atoms with Gasteiger partial charge in [-0.15, -0.1) is 0 Å². The van der Waals surface area contributed by atoms with Gasteiger partial charge in [0.1, 0.15) is 0 Å². The number of carbonyl (C=O) groups excluding carboxylic acids is 3. The van der Waals surface area contributed by atoms with Gasteiger partial charge in [-0.3, -0.25) is 14.4 Å². The summed E-state index contributed by atoms with van der Waals surface area (Å²) in [5, 5.41) is 6.15. The minimum atomic E-state index is 0.111. The molecule has 0 bridgehead atoms. The molecule has 0 spiro atoms. The molecule has 0 unspecified atom stereocenters. The Labute approximate surface area is 340 Å². The maximum Gasteiger partial charge on any atom is 0.225 e. The molecule has 2 N–H and O–H groups in total. The summed E-state index contributed by atoms with van der Waals surface area (Å²) in [4.78, 5) is 45.5. The molecular weight excluding hydrogens is 687 g/mol. The summed E-state index contributed by atoms with van der Waals surface area (Å²) in [5.41, 5.74) is 0. The van der Waals surface area contributed by atoms with E-state index in [-0.39, 0.29) is 29.6 Å². The predicted molar refractivity (Wildman–Crippen MR) is 233 cm³/mol. The van der Waals surface area contributed by atoms with Gasteiger partial charge in [-0.1, -0.05) is 88.5 Å². The number of hydrogen-bond donors (Lipinski definition) is 2. The van der Waals surface area contributed by atoms with E-state index >= 15 is 0 Å². The average Bonchev–Trinajstić information content (AvgIpc) is 3.09. The minimum Gasteiger partial charge on any atom is -0.353 e. The molecule has 1 aliphatic carbocycles. The highest BCUT2D eigenvalue weighted by Gasteiger charge is 2.23. The summed E-state index contributed by atoms with van der Waals surface area (Å²) in [6.45, 7) is 32.4. The maximum absolute atomic E-state index is 11.5. The van der Waals surface area contributed by atoms with E-state index in [4.69, 9.17) is 0 Å². The molecule has 6 rings (SSSR count). The second-order valence-electron chi connectivity index (χ2n) is 19.3. The van der Waals surface area contributed by atoms with Crippen molar-refractivity contribution in [3.8, 4) is 0 Å². The third-order valence-corrected chi connectivity index (χ3v) is 11.7. The lowest BCUT2D eigenvalue weighted by Crippen LogP contribution is -2.44. The van der Waals surface area contributed by atoms with Gasteiger partial charge in [-0.25, -0.2) is 0 Å². The van der Waals surface area contributed by atoms with E-state index in [1.807, 2.05) is 46.4 Å². The fourth-order valence-electron chi connectivity index (χ4n) is 7.27. The molecule has 5 saturated heterocycles. The standard InChI is InChI=1S/2C10H20N2O.C10H19NO.2C5H11N.C5H10/c2*1-8(2)10(13)11-9-4-6-12(3)7-5-9;1-8(2)10(12)11-6-4-9(3)5-7-11;2*1-5-3-6(2)4-5;1-5-3-2-4-5/h2*8-9H,4-7H2,1-3H3,(H,11,13);8-9H,4-7H2,1-3H3;2*5H,3-4H2,1-2H3;5H,2-4H2,1H3. The lowest BCUT2D eigenvalue weighted by atomic mass is 9.88. The molecule has 324 valence electrons. The number of hydrogen-bond acceptors (Lipinski definition) is 7. The summed E-state index contributed by atoms with van der Waals surface area (Å²) in [7, 11) is 8.56. The molecule has 10 heteroatoms. The van der Waals surface area contributed by atoms with Crippen LogP contribution in [0.15, 0.2) is 0 Å². The Hall–Kier alpha value is -1.75. The molecule has 0 aromatic rings. The van der Waals surface area contributed by atoms with Gasteiger partial charge in [0.05, 0.1) is 0 Å². The van der Waals surface area contributed by atoms with E-state index in [2.05, 4.69) is 86.1 Å². The van der Waals surface area contributed by atoms with Gasteiger partial charge in [0.2, 0.25) is 17.7 Å². The van der Waals surface area contributed by atoms with Crippen LogP contribution in [0.5, 0.6) is 0 Å². The molecular formula is C45H91N7O3. The highest BCUT2D eigenvalue weighted by Crippen LogP contribution is 2.24. The van der Waals surface area contributed by atoms with Gasteiger partial charge >= 0.3 is 0 Å². The number of piperidine rings is 3. The quantitative estimate of drug-likeness (QED) is 0.328. The number of rotatable bonds is 5. The third kappa shape index (κ3) is 23.9. The zero-order valence-corrected chi connectivity index (χ0v) is 38.6. The second kappa shape index (κ2) is 27.8. The van der Waals surface area contributed by atoms with Crippen molar-refractivity contribution in [2.45, 2.75) is 139 Å². The van der Waals surface area contributed by atoms with Crippen LogP contribution in [-0.4, -0.2) is 148 Å². The van der Waals surface area contributed by atoms with E-state index in [1.165, 1.54) is 58.3 Å². The normalized spacial score (nSPS) is 22.4. The highest BCUT2D eigenvalue weighted by atomic mass is 16.2. The fraction of sp³-hybridized carbons (Fsp3) is 0.933. The topological polar surface area (TPSA) is 91.5 Å². The van der Waals surface area contributed by atoms with Crippen LogP contribution in [0.4, 0.5) is 0 Å². The van der Waals surface area contributed by atoms with Crippen LogP contribution in [0.2, 0.25) is 0 Å². The number of nitrogens with zero attached hydrogens (tertiary/aromatic N) is 5. The van der Waals surface area contributed by atoms with Crippen molar-refractivity contribution >= 4 is 17.7 Å². The first-order valence-corrected chi connectivity index (χ1v) is 22.4. The number of amides is 3. The first kappa shape index (κ1) is 51.3. The van der Waals surface area contributed by atoms with Crippen molar-refractivity contribution in [1.82, 2.24) is 35.1 Å². The largest absolute Gasteiger partial charge is 0.353 e. The maximum atomic E-state index is 11.5. The van der Waals surface area contributed by atoms with Crippen molar-refractivity contribution in [3.63, 3.8) is 0 Å². The molecule has 5 aliphatic heterocycles. The SMILES string of the molecule is CC(C)C(=O)NC1CCN(C)CC1.CC(C)C(=O)NC1CCN(C)CC1.CC1CCC1.CC1CCN(C(=O)C(C)C)CC1.CC1CN(C)C1.CC1CN(C)C1. The predicted octanol–water partition coefficient (Wildman–Crippen LogP) is 6.55. The molecule has 10 nitrogen and oxygen atoms in total. The summed E-state index contributed by atoms with van der Waals surface area (Å²) in [6, 6.07) is 0.817. The first-order valence-electron chi connectivity index (χ1n) is 22.4. The Bertz CT molecular complexity index is 947. The van der Waals surface area contributed by atoms with Crippen LogP contribution in [0.25, 0.3) is 0 Å². The van der Waals surface area contributed by atoms with Gasteiger partial charge in [0.15, 0.2) is 0 Å². The summed E-state index contributed by atoms with van der Waals surface area (Å²) in [6.07, 6.45) is 11.2. The lowest BCUT2D eigenvalue weighted by Gasteiger charge is -2.33.